The van der Waals surface area contributed by atoms with Crippen molar-refractivity contribution >= 4 is 74.0 Å². The fraction of sp³-hybridized carbons (Fsp3) is 0.0154. The smallest absolute Gasteiger partial charge is 0.333 e. The molecule has 0 aliphatic carbocycles. The quantitative estimate of drug-likeness (QED) is 0.141. The average Bonchev–Trinajstić information content (AvgIpc) is 3.42. The van der Waals surface area contributed by atoms with Gasteiger partial charge in [0.25, 0.3) is 0 Å². The van der Waals surface area contributed by atoms with Gasteiger partial charge in [-0.25, -0.2) is 0 Å². The van der Waals surface area contributed by atoms with Crippen molar-refractivity contribution in [2.45, 2.75) is 6.92 Å². The summed E-state index contributed by atoms with van der Waals surface area (Å²) >= 11 is 0. The Hall–Kier alpha value is -8.86. The topological polar surface area (TPSA) is 9.72 Å². The summed E-state index contributed by atoms with van der Waals surface area (Å²) in [6.45, 7) is 2.07. The van der Waals surface area contributed by atoms with Crippen LogP contribution in [0.3, 0.4) is 0 Å². The van der Waals surface area contributed by atoms with E-state index in [9.17, 15) is 0 Å². The molecular formula is C65H46BN3. The van der Waals surface area contributed by atoms with Crippen LogP contribution < -0.4 is 25.5 Å². The number of benzene rings is 11. The van der Waals surface area contributed by atoms with Gasteiger partial charge in [-0.1, -0.05) is 176 Å². The molecule has 3 nitrogen and oxygen atoms in total. The Morgan fingerprint density at radius 3 is 1.51 bits per heavy atom. The van der Waals surface area contributed by atoms with Crippen molar-refractivity contribution in [2.24, 2.45) is 0 Å². The molecule has 11 aromatic carbocycles. The fourth-order valence-corrected chi connectivity index (χ4v) is 11.0. The van der Waals surface area contributed by atoms with Crippen LogP contribution in [0, 0.1) is 6.92 Å². The number of anilines is 8. The number of aryl methyl sites for hydroxylation is 1. The molecule has 4 heteroatoms. The van der Waals surface area contributed by atoms with Crippen molar-refractivity contribution in [3.8, 4) is 44.5 Å². The average molecular weight is 880 g/mol. The van der Waals surface area contributed by atoms with Crippen LogP contribution in [-0.2, 0) is 0 Å². The summed E-state index contributed by atoms with van der Waals surface area (Å²) in [6, 6.07) is 95.7. The lowest BCUT2D eigenvalue weighted by molar-refractivity contribution is 1.24. The molecule has 0 bridgehead atoms. The van der Waals surface area contributed by atoms with Crippen LogP contribution >= 0.6 is 0 Å². The van der Waals surface area contributed by atoms with Crippen molar-refractivity contribution in [3.63, 3.8) is 0 Å². The first-order chi connectivity index (χ1) is 34.2. The van der Waals surface area contributed by atoms with E-state index in [1.165, 1.54) is 83.1 Å². The Kier molecular flexibility index (Phi) is 9.83. The van der Waals surface area contributed by atoms with Crippen molar-refractivity contribution in [3.05, 3.63) is 266 Å². The van der Waals surface area contributed by atoms with Crippen LogP contribution in [0.5, 0.6) is 0 Å². The van der Waals surface area contributed by atoms with E-state index in [0.29, 0.717) is 0 Å². The zero-order chi connectivity index (χ0) is 45.8. The van der Waals surface area contributed by atoms with E-state index in [2.05, 4.69) is 282 Å². The Labute approximate surface area is 404 Å². The maximum Gasteiger partial charge on any atom is 0.333 e. The van der Waals surface area contributed by atoms with E-state index < -0.39 is 0 Å². The molecule has 0 fully saturated rings. The largest absolute Gasteiger partial charge is 0.376 e. The lowest BCUT2D eigenvalue weighted by Crippen LogP contribution is -2.61. The van der Waals surface area contributed by atoms with Gasteiger partial charge in [0.15, 0.2) is 0 Å². The van der Waals surface area contributed by atoms with E-state index in [-0.39, 0.29) is 6.85 Å². The Morgan fingerprint density at radius 1 is 0.362 bits per heavy atom. The summed E-state index contributed by atoms with van der Waals surface area (Å²) in [5, 5.41) is 2.43. The van der Waals surface area contributed by atoms with Crippen molar-refractivity contribution in [1.82, 2.24) is 0 Å². The maximum atomic E-state index is 2.64. The Balaban J connectivity index is 1.14. The van der Waals surface area contributed by atoms with Gasteiger partial charge in [0.05, 0.1) is 5.69 Å². The molecule has 11 aromatic rings. The molecule has 0 N–H and O–H groups in total. The molecule has 0 saturated carbocycles. The second-order valence-electron chi connectivity index (χ2n) is 18.1. The highest BCUT2D eigenvalue weighted by atomic mass is 15.2. The van der Waals surface area contributed by atoms with Gasteiger partial charge in [-0.2, -0.15) is 0 Å². The van der Waals surface area contributed by atoms with Gasteiger partial charge in [0, 0.05) is 50.8 Å². The summed E-state index contributed by atoms with van der Waals surface area (Å²) in [4.78, 5) is 7.61. The van der Waals surface area contributed by atoms with Crippen molar-refractivity contribution in [1.29, 1.82) is 0 Å². The first-order valence-corrected chi connectivity index (χ1v) is 23.9. The highest BCUT2D eigenvalue weighted by Crippen LogP contribution is 2.51. The van der Waals surface area contributed by atoms with E-state index in [1.807, 2.05) is 0 Å². The van der Waals surface area contributed by atoms with Crippen molar-refractivity contribution < 1.29 is 0 Å². The summed E-state index contributed by atoms with van der Waals surface area (Å²) < 4.78 is 0. The maximum absolute atomic E-state index is 2.64. The van der Waals surface area contributed by atoms with Crippen LogP contribution in [0.15, 0.2) is 261 Å². The van der Waals surface area contributed by atoms with Gasteiger partial charge < -0.3 is 14.6 Å². The molecule has 2 heterocycles. The third-order valence-electron chi connectivity index (χ3n) is 14.1. The van der Waals surface area contributed by atoms with Crippen LogP contribution in [-0.4, -0.2) is 6.85 Å². The second kappa shape index (κ2) is 16.8. The molecule has 69 heavy (non-hydrogen) atoms. The molecule has 2 aliphatic heterocycles. The minimum absolute atomic E-state index is 0.204. The molecule has 0 radical (unpaired) electrons. The highest BCUT2D eigenvalue weighted by Gasteiger charge is 2.46. The number of nitrogens with zero attached hydrogens (tertiary/aromatic N) is 3. The number of fused-ring (bicyclic) bond motifs is 6. The molecule has 13 rings (SSSR count). The van der Waals surface area contributed by atoms with Gasteiger partial charge >= 0.3 is 6.85 Å². The third-order valence-corrected chi connectivity index (χ3v) is 14.1. The minimum atomic E-state index is -0.204. The monoisotopic (exact) mass is 879 g/mol. The number of hydrogen-bond donors (Lipinski definition) is 0. The normalized spacial score (nSPS) is 12.3. The number of para-hydroxylation sites is 2. The lowest BCUT2D eigenvalue weighted by atomic mass is 9.43. The van der Waals surface area contributed by atoms with Gasteiger partial charge in [-0.3, -0.25) is 0 Å². The molecule has 0 aromatic heterocycles. The number of rotatable bonds is 8. The first kappa shape index (κ1) is 40.4. The second-order valence-corrected chi connectivity index (χ2v) is 18.1. The molecule has 0 spiro atoms. The predicted octanol–water partition coefficient (Wildman–Crippen LogP) is 16.3. The van der Waals surface area contributed by atoms with Gasteiger partial charge in [0.1, 0.15) is 0 Å². The fourth-order valence-electron chi connectivity index (χ4n) is 11.0. The summed E-state index contributed by atoms with van der Waals surface area (Å²) in [5.74, 6) is 0. The molecule has 0 amide bonds. The van der Waals surface area contributed by atoms with Crippen LogP contribution in [0.4, 0.5) is 45.5 Å². The van der Waals surface area contributed by atoms with E-state index >= 15 is 0 Å². The molecule has 2 aliphatic rings. The van der Waals surface area contributed by atoms with Crippen LogP contribution in [0.1, 0.15) is 5.56 Å². The van der Waals surface area contributed by atoms with Gasteiger partial charge in [-0.15, -0.1) is 0 Å². The Bertz CT molecular complexity index is 3650. The van der Waals surface area contributed by atoms with E-state index in [1.54, 1.807) is 0 Å². The summed E-state index contributed by atoms with van der Waals surface area (Å²) in [7, 11) is 0. The zero-order valence-corrected chi connectivity index (χ0v) is 38.2. The van der Waals surface area contributed by atoms with Gasteiger partial charge in [-0.05, 0) is 153 Å². The molecule has 0 saturated heterocycles. The Morgan fingerprint density at radius 2 is 0.884 bits per heavy atom. The summed E-state index contributed by atoms with van der Waals surface area (Å²) in [6.07, 6.45) is 0. The predicted molar refractivity (Wildman–Crippen MR) is 293 cm³/mol. The van der Waals surface area contributed by atoms with Crippen LogP contribution in [0.2, 0.25) is 0 Å². The molecule has 324 valence electrons. The number of hydrogen-bond acceptors (Lipinski definition) is 3. The van der Waals surface area contributed by atoms with Gasteiger partial charge in [0.2, 0.25) is 0 Å². The highest BCUT2D eigenvalue weighted by molar-refractivity contribution is 6.94. The first-order valence-electron chi connectivity index (χ1n) is 23.9. The zero-order valence-electron chi connectivity index (χ0n) is 38.2. The third kappa shape index (κ3) is 6.91. The molecule has 0 atom stereocenters. The standard InChI is InChI=1S/C65H46BN3/c1-45-40-50(47-22-9-3-10-23-47)34-37-61(45)68-63-39-36-55(67(53-28-13-5-14-29-53)54-30-15-6-16-31-54)44-60(63)66-64-59(43-52-26-17-18-33-57(52)65(64)68)58-42-51(48-24-11-4-12-25-48)35-38-62(58)69(66)56-32-19-27-49(41-56)46-20-7-2-8-21-46/h2-44H,1H3. The molecule has 0 unspecified atom stereocenters. The minimum Gasteiger partial charge on any atom is -0.376 e. The summed E-state index contributed by atoms with van der Waals surface area (Å²) in [5.41, 5.74) is 22.5. The lowest BCUT2D eigenvalue weighted by Gasteiger charge is -2.47. The van der Waals surface area contributed by atoms with E-state index in [0.717, 1.165) is 34.1 Å². The van der Waals surface area contributed by atoms with Crippen molar-refractivity contribution in [2.75, 3.05) is 14.6 Å². The van der Waals surface area contributed by atoms with Crippen LogP contribution in [0.25, 0.3) is 55.3 Å². The SMILES string of the molecule is Cc1cc(-c2ccccc2)ccc1N1c2ccc(N(c3ccccc3)c3ccccc3)cc2B2c3c(cc4ccccc4c31)-c1cc(-c3ccccc3)ccc1N2c1cccc(-c2ccccc2)c1. The van der Waals surface area contributed by atoms with E-state index in [4.69, 9.17) is 0 Å². The molecular weight excluding hydrogens is 834 g/mol.